The Hall–Kier alpha value is -2.51. The quantitative estimate of drug-likeness (QED) is 0.675. The Kier molecular flexibility index (Phi) is 4.46. The molecule has 3 rings (SSSR count). The van der Waals surface area contributed by atoms with Gasteiger partial charge in [-0.3, -0.25) is 19.7 Å². The second-order valence-electron chi connectivity index (χ2n) is 6.31. The van der Waals surface area contributed by atoms with Crippen LogP contribution in [0.15, 0.2) is 18.2 Å². The number of nitrogens with zero attached hydrogens (tertiary/aromatic N) is 2. The average Bonchev–Trinajstić information content (AvgIpc) is 3.40. The first-order valence-electron chi connectivity index (χ1n) is 7.99. The molecule has 1 aliphatic heterocycles. The lowest BCUT2D eigenvalue weighted by atomic mass is 9.96. The van der Waals surface area contributed by atoms with Gasteiger partial charge in [0.1, 0.15) is 11.5 Å². The molecule has 0 radical (unpaired) electrons. The Balaban J connectivity index is 1.68. The van der Waals surface area contributed by atoms with E-state index in [-0.39, 0.29) is 23.4 Å². The lowest BCUT2D eigenvalue weighted by Gasteiger charge is -2.32. The molecule has 2 amide bonds. The van der Waals surface area contributed by atoms with Crippen LogP contribution in [0.1, 0.15) is 25.7 Å². The third-order valence-electron chi connectivity index (χ3n) is 4.44. The zero-order chi connectivity index (χ0) is 17.3. The highest BCUT2D eigenvalue weighted by Gasteiger charge is 2.37. The van der Waals surface area contributed by atoms with Crippen molar-refractivity contribution >= 4 is 23.2 Å². The molecule has 2 fully saturated rings. The van der Waals surface area contributed by atoms with Crippen molar-refractivity contribution in [2.75, 3.05) is 18.4 Å². The highest BCUT2D eigenvalue weighted by atomic mass is 19.1. The summed E-state index contributed by atoms with van der Waals surface area (Å²) < 4.78 is 13.2. The summed E-state index contributed by atoms with van der Waals surface area (Å²) in [6, 6.07) is 3.02. The van der Waals surface area contributed by atoms with Gasteiger partial charge in [0.25, 0.3) is 5.69 Å². The number of rotatable bonds is 4. The molecule has 1 atom stereocenters. The summed E-state index contributed by atoms with van der Waals surface area (Å²) in [6.07, 6.45) is 3.17. The van der Waals surface area contributed by atoms with Gasteiger partial charge in [0.15, 0.2) is 0 Å². The van der Waals surface area contributed by atoms with Crippen molar-refractivity contribution in [1.29, 1.82) is 0 Å². The molecule has 1 saturated heterocycles. The minimum Gasteiger partial charge on any atom is -0.342 e. The molecule has 2 aliphatic rings. The topological polar surface area (TPSA) is 92.5 Å². The van der Waals surface area contributed by atoms with Crippen LogP contribution in [0.25, 0.3) is 0 Å². The number of carbonyl (C=O) groups excluding carboxylic acids is 2. The summed E-state index contributed by atoms with van der Waals surface area (Å²) in [5, 5.41) is 13.5. The van der Waals surface area contributed by atoms with Crippen LogP contribution in [0.5, 0.6) is 0 Å². The molecule has 0 aromatic heterocycles. The molecule has 0 bridgehead atoms. The molecule has 1 aromatic rings. The van der Waals surface area contributed by atoms with Crippen LogP contribution >= 0.6 is 0 Å². The van der Waals surface area contributed by atoms with Gasteiger partial charge in [-0.25, -0.2) is 4.39 Å². The molecule has 1 aliphatic carbocycles. The summed E-state index contributed by atoms with van der Waals surface area (Å²) in [5.41, 5.74) is -0.512. The SMILES string of the molecule is O=C(Nc1ccc(F)cc1[N+](=O)[O-])[C@@H]1CCCN(C(=O)C2CC2)C1. The van der Waals surface area contributed by atoms with Crippen molar-refractivity contribution in [2.45, 2.75) is 25.7 Å². The fraction of sp³-hybridized carbons (Fsp3) is 0.500. The van der Waals surface area contributed by atoms with Crippen molar-refractivity contribution in [3.05, 3.63) is 34.1 Å². The monoisotopic (exact) mass is 335 g/mol. The molecule has 7 nitrogen and oxygen atoms in total. The summed E-state index contributed by atoms with van der Waals surface area (Å²) in [4.78, 5) is 36.5. The summed E-state index contributed by atoms with van der Waals surface area (Å²) in [5.74, 6) is -1.33. The number of nitrogens with one attached hydrogen (secondary N) is 1. The largest absolute Gasteiger partial charge is 0.342 e. The summed E-state index contributed by atoms with van der Waals surface area (Å²) in [7, 11) is 0. The van der Waals surface area contributed by atoms with Gasteiger partial charge >= 0.3 is 0 Å². The van der Waals surface area contributed by atoms with Crippen LogP contribution in [0.4, 0.5) is 15.8 Å². The van der Waals surface area contributed by atoms with Gasteiger partial charge in [0, 0.05) is 19.0 Å². The number of nitro benzene ring substituents is 1. The van der Waals surface area contributed by atoms with Crippen LogP contribution in [-0.2, 0) is 9.59 Å². The number of hydrogen-bond acceptors (Lipinski definition) is 4. The van der Waals surface area contributed by atoms with Gasteiger partial charge in [-0.1, -0.05) is 0 Å². The van der Waals surface area contributed by atoms with E-state index in [9.17, 15) is 24.1 Å². The molecule has 1 heterocycles. The van der Waals surface area contributed by atoms with Gasteiger partial charge in [-0.15, -0.1) is 0 Å². The second-order valence-corrected chi connectivity index (χ2v) is 6.31. The smallest absolute Gasteiger partial charge is 0.295 e. The maximum absolute atomic E-state index is 13.2. The van der Waals surface area contributed by atoms with E-state index >= 15 is 0 Å². The van der Waals surface area contributed by atoms with E-state index in [1.165, 1.54) is 6.07 Å². The molecule has 1 aromatic carbocycles. The Bertz CT molecular complexity index is 690. The highest BCUT2D eigenvalue weighted by Crippen LogP contribution is 2.33. The van der Waals surface area contributed by atoms with E-state index in [0.29, 0.717) is 19.5 Å². The Labute approximate surface area is 138 Å². The van der Waals surface area contributed by atoms with E-state index in [4.69, 9.17) is 0 Å². The molecular formula is C16H18FN3O4. The zero-order valence-electron chi connectivity index (χ0n) is 13.0. The zero-order valence-corrected chi connectivity index (χ0v) is 13.0. The average molecular weight is 335 g/mol. The van der Waals surface area contributed by atoms with Crippen LogP contribution in [0.3, 0.4) is 0 Å². The molecule has 0 unspecified atom stereocenters. The highest BCUT2D eigenvalue weighted by molar-refractivity contribution is 5.95. The van der Waals surface area contributed by atoms with Gasteiger partial charge in [0.05, 0.1) is 16.9 Å². The normalized spacial score (nSPS) is 20.5. The molecule has 1 N–H and O–H groups in total. The number of amides is 2. The first-order valence-corrected chi connectivity index (χ1v) is 7.99. The number of carbonyl (C=O) groups is 2. The molecule has 8 heteroatoms. The fourth-order valence-electron chi connectivity index (χ4n) is 2.98. The third kappa shape index (κ3) is 3.52. The maximum Gasteiger partial charge on any atom is 0.295 e. The van der Waals surface area contributed by atoms with E-state index < -0.39 is 22.3 Å². The van der Waals surface area contributed by atoms with Crippen molar-refractivity contribution in [2.24, 2.45) is 11.8 Å². The number of piperidine rings is 1. The number of anilines is 1. The Morgan fingerprint density at radius 3 is 2.67 bits per heavy atom. The van der Waals surface area contributed by atoms with Crippen molar-refractivity contribution in [3.63, 3.8) is 0 Å². The first-order chi connectivity index (χ1) is 11.5. The lowest BCUT2D eigenvalue weighted by Crippen LogP contribution is -2.44. The van der Waals surface area contributed by atoms with E-state index in [1.807, 2.05) is 0 Å². The minimum atomic E-state index is -0.737. The predicted molar refractivity (Wildman–Crippen MR) is 83.7 cm³/mol. The van der Waals surface area contributed by atoms with Crippen LogP contribution in [0.2, 0.25) is 0 Å². The maximum atomic E-state index is 13.2. The standard InChI is InChI=1S/C16H18FN3O4/c17-12-5-6-13(14(8-12)20(23)24)18-15(21)11-2-1-7-19(9-11)16(22)10-3-4-10/h5-6,8,10-11H,1-4,7,9H2,(H,18,21)/t11-/m1/s1. The van der Waals surface area contributed by atoms with Crippen LogP contribution < -0.4 is 5.32 Å². The summed E-state index contributed by atoms with van der Waals surface area (Å²) in [6.45, 7) is 0.978. The fourth-order valence-corrected chi connectivity index (χ4v) is 2.98. The first kappa shape index (κ1) is 16.4. The van der Waals surface area contributed by atoms with Gasteiger partial charge in [-0.2, -0.15) is 0 Å². The van der Waals surface area contributed by atoms with Gasteiger partial charge in [-0.05, 0) is 37.8 Å². The van der Waals surface area contributed by atoms with Crippen molar-refractivity contribution in [1.82, 2.24) is 4.90 Å². The second kappa shape index (κ2) is 6.54. The molecule has 0 spiro atoms. The van der Waals surface area contributed by atoms with Gasteiger partial charge < -0.3 is 10.2 Å². The molecule has 128 valence electrons. The predicted octanol–water partition coefficient (Wildman–Crippen LogP) is 2.32. The number of halogens is 1. The number of hydrogen-bond donors (Lipinski definition) is 1. The molecule has 24 heavy (non-hydrogen) atoms. The van der Waals surface area contributed by atoms with Crippen molar-refractivity contribution < 1.29 is 18.9 Å². The number of nitro groups is 1. The number of benzene rings is 1. The third-order valence-corrected chi connectivity index (χ3v) is 4.44. The van der Waals surface area contributed by atoms with E-state index in [1.54, 1.807) is 4.90 Å². The van der Waals surface area contributed by atoms with E-state index in [0.717, 1.165) is 31.4 Å². The van der Waals surface area contributed by atoms with Gasteiger partial charge in [0.2, 0.25) is 11.8 Å². The summed E-state index contributed by atoms with van der Waals surface area (Å²) >= 11 is 0. The minimum absolute atomic E-state index is 0.0305. The van der Waals surface area contributed by atoms with Crippen molar-refractivity contribution in [3.8, 4) is 0 Å². The molecule has 1 saturated carbocycles. The lowest BCUT2D eigenvalue weighted by molar-refractivity contribution is -0.384. The van der Waals surface area contributed by atoms with Crippen LogP contribution in [0, 0.1) is 27.8 Å². The Morgan fingerprint density at radius 2 is 2.00 bits per heavy atom. The number of likely N-dealkylation sites (tertiary alicyclic amines) is 1. The van der Waals surface area contributed by atoms with E-state index in [2.05, 4.69) is 5.32 Å². The Morgan fingerprint density at radius 1 is 1.25 bits per heavy atom. The van der Waals surface area contributed by atoms with Crippen LogP contribution in [-0.4, -0.2) is 34.7 Å². The molecular weight excluding hydrogens is 317 g/mol.